The third kappa shape index (κ3) is 2.45. The molecule has 9 heteroatoms. The maximum absolute atomic E-state index is 14.3. The monoisotopic (exact) mass is 330 g/mol. The normalized spacial score (nSPS) is 27.7. The fraction of sp³-hybridized carbons (Fsp3) is 0.500. The van der Waals surface area contributed by atoms with Crippen molar-refractivity contribution >= 4 is 11.0 Å². The molecule has 4 atom stereocenters. The third-order valence-electron chi connectivity index (χ3n) is 3.80. The van der Waals surface area contributed by atoms with Gasteiger partial charge in [0.1, 0.15) is 23.8 Å². The third-order valence-corrected chi connectivity index (χ3v) is 3.80. The summed E-state index contributed by atoms with van der Waals surface area (Å²) in [5.41, 5.74) is -0.106. The Morgan fingerprint density at radius 3 is 2.70 bits per heavy atom. The summed E-state index contributed by atoms with van der Waals surface area (Å²) < 4.78 is 39.8. The molecule has 0 saturated carbocycles. The molecule has 1 aliphatic heterocycles. The predicted octanol–water partition coefficient (Wildman–Crippen LogP) is 0.325. The number of halogens is 2. The summed E-state index contributed by atoms with van der Waals surface area (Å²) in [4.78, 5) is 3.86. The molecule has 0 unspecified atom stereocenters. The van der Waals surface area contributed by atoms with Crippen LogP contribution >= 0.6 is 0 Å². The van der Waals surface area contributed by atoms with Crippen molar-refractivity contribution in [3.63, 3.8) is 0 Å². The molecule has 126 valence electrons. The highest BCUT2D eigenvalue weighted by atomic mass is 19.1. The second-order valence-corrected chi connectivity index (χ2v) is 5.18. The average Bonchev–Trinajstić information content (AvgIpc) is 3.06. The van der Waals surface area contributed by atoms with Crippen molar-refractivity contribution in [1.82, 2.24) is 9.55 Å². The van der Waals surface area contributed by atoms with Crippen LogP contribution in [0.4, 0.5) is 8.78 Å². The van der Waals surface area contributed by atoms with Gasteiger partial charge in [0.15, 0.2) is 23.6 Å². The number of imidazole rings is 1. The molecule has 0 bridgehead atoms. The van der Waals surface area contributed by atoms with Crippen molar-refractivity contribution in [2.24, 2.45) is 0 Å². The first-order valence-corrected chi connectivity index (χ1v) is 7.09. The summed E-state index contributed by atoms with van der Waals surface area (Å²) in [6.45, 7) is 1.19. The largest absolute Gasteiger partial charge is 0.488 e. The van der Waals surface area contributed by atoms with Crippen molar-refractivity contribution in [2.45, 2.75) is 31.5 Å². The fourth-order valence-electron chi connectivity index (χ4n) is 2.67. The Kier molecular flexibility index (Phi) is 4.19. The van der Waals surface area contributed by atoms with E-state index in [0.717, 1.165) is 6.07 Å². The van der Waals surface area contributed by atoms with Crippen LogP contribution in [0, 0.1) is 11.6 Å². The van der Waals surface area contributed by atoms with Crippen LogP contribution in [0.15, 0.2) is 12.4 Å². The van der Waals surface area contributed by atoms with E-state index in [-0.39, 0.29) is 17.6 Å². The number of hydrogen-bond acceptors (Lipinski definition) is 6. The SMILES string of the molecule is CCOc1c(F)cc2c(ncn2[C@@H]2O[C@H](CO)[C@@H](O)[C@H]2O)c1F. The van der Waals surface area contributed by atoms with E-state index in [9.17, 15) is 19.0 Å². The van der Waals surface area contributed by atoms with Crippen molar-refractivity contribution in [2.75, 3.05) is 13.2 Å². The van der Waals surface area contributed by atoms with Crippen LogP contribution in [0.1, 0.15) is 13.2 Å². The zero-order valence-electron chi connectivity index (χ0n) is 12.2. The molecule has 0 radical (unpaired) electrons. The van der Waals surface area contributed by atoms with Crippen LogP contribution in [-0.2, 0) is 4.74 Å². The van der Waals surface area contributed by atoms with E-state index in [1.807, 2.05) is 0 Å². The van der Waals surface area contributed by atoms with Gasteiger partial charge in [-0.25, -0.2) is 13.8 Å². The van der Waals surface area contributed by atoms with E-state index < -0.39 is 48.5 Å². The molecule has 2 heterocycles. The van der Waals surface area contributed by atoms with Gasteiger partial charge in [-0.1, -0.05) is 0 Å². The van der Waals surface area contributed by atoms with E-state index in [0.29, 0.717) is 0 Å². The Balaban J connectivity index is 2.07. The smallest absolute Gasteiger partial charge is 0.195 e. The predicted molar refractivity (Wildman–Crippen MR) is 73.8 cm³/mol. The van der Waals surface area contributed by atoms with Crippen LogP contribution in [0.3, 0.4) is 0 Å². The molecule has 0 amide bonds. The van der Waals surface area contributed by atoms with Crippen LogP contribution in [-0.4, -0.2) is 56.4 Å². The highest BCUT2D eigenvalue weighted by Gasteiger charge is 2.43. The molecular formula is C14H16F2N2O5. The van der Waals surface area contributed by atoms with Gasteiger partial charge in [0.2, 0.25) is 0 Å². The van der Waals surface area contributed by atoms with Gasteiger partial charge in [0.05, 0.1) is 25.1 Å². The summed E-state index contributed by atoms with van der Waals surface area (Å²) in [5.74, 6) is -2.39. The average molecular weight is 330 g/mol. The van der Waals surface area contributed by atoms with E-state index in [2.05, 4.69) is 4.98 Å². The lowest BCUT2D eigenvalue weighted by molar-refractivity contribution is -0.0509. The highest BCUT2D eigenvalue weighted by Crippen LogP contribution is 2.35. The van der Waals surface area contributed by atoms with E-state index >= 15 is 0 Å². The summed E-state index contributed by atoms with van der Waals surface area (Å²) >= 11 is 0. The molecule has 3 N–H and O–H groups in total. The van der Waals surface area contributed by atoms with Crippen molar-refractivity contribution in [3.05, 3.63) is 24.0 Å². The Labute approximate surface area is 129 Å². The number of benzene rings is 1. The number of hydrogen-bond donors (Lipinski definition) is 3. The van der Waals surface area contributed by atoms with Crippen LogP contribution in [0.5, 0.6) is 5.75 Å². The molecule has 2 aromatic rings. The standard InChI is InChI=1S/C14H16F2N2O5/c1-2-22-13-6(15)3-7-10(9(13)16)17-5-18(7)14-12(21)11(20)8(4-19)23-14/h3,5,8,11-12,14,19-21H,2,4H2,1H3/t8-,11-,12-,14-/m1/s1. The van der Waals surface area contributed by atoms with Crippen molar-refractivity contribution in [1.29, 1.82) is 0 Å². The van der Waals surface area contributed by atoms with Crippen LogP contribution in [0.2, 0.25) is 0 Å². The number of aliphatic hydroxyl groups excluding tert-OH is 3. The summed E-state index contributed by atoms with van der Waals surface area (Å²) in [5, 5.41) is 28.9. The lowest BCUT2D eigenvalue weighted by Crippen LogP contribution is -2.33. The fourth-order valence-corrected chi connectivity index (χ4v) is 2.67. The zero-order chi connectivity index (χ0) is 16.7. The molecule has 0 aliphatic carbocycles. The zero-order valence-corrected chi connectivity index (χ0v) is 12.2. The number of aromatic nitrogens is 2. The topological polar surface area (TPSA) is 97.0 Å². The lowest BCUT2D eigenvalue weighted by atomic mass is 10.1. The summed E-state index contributed by atoms with van der Waals surface area (Å²) in [6.07, 6.45) is -3.64. The Morgan fingerprint density at radius 1 is 1.35 bits per heavy atom. The highest BCUT2D eigenvalue weighted by molar-refractivity contribution is 5.78. The van der Waals surface area contributed by atoms with Gasteiger partial charge in [-0.3, -0.25) is 0 Å². The molecule has 1 aromatic heterocycles. The van der Waals surface area contributed by atoms with Gasteiger partial charge in [-0.15, -0.1) is 0 Å². The van der Waals surface area contributed by atoms with Gasteiger partial charge in [-0.05, 0) is 6.92 Å². The molecule has 7 nitrogen and oxygen atoms in total. The lowest BCUT2D eigenvalue weighted by Gasteiger charge is -2.17. The van der Waals surface area contributed by atoms with Gasteiger partial charge >= 0.3 is 0 Å². The second kappa shape index (κ2) is 6.00. The first-order chi connectivity index (χ1) is 11.0. The molecule has 1 fully saturated rings. The Hall–Kier alpha value is -1.81. The minimum Gasteiger partial charge on any atom is -0.488 e. The minimum absolute atomic E-state index is 0.0401. The number of ether oxygens (including phenoxy) is 2. The second-order valence-electron chi connectivity index (χ2n) is 5.18. The summed E-state index contributed by atoms with van der Waals surface area (Å²) in [7, 11) is 0. The minimum atomic E-state index is -1.37. The molecule has 1 aliphatic rings. The Bertz CT molecular complexity index is 723. The number of nitrogens with zero attached hydrogens (tertiary/aromatic N) is 2. The van der Waals surface area contributed by atoms with Gasteiger partial charge in [-0.2, -0.15) is 0 Å². The van der Waals surface area contributed by atoms with Gasteiger partial charge < -0.3 is 29.4 Å². The quantitative estimate of drug-likeness (QED) is 0.747. The Morgan fingerprint density at radius 2 is 2.09 bits per heavy atom. The van der Waals surface area contributed by atoms with Crippen molar-refractivity contribution in [3.8, 4) is 5.75 Å². The van der Waals surface area contributed by atoms with E-state index in [4.69, 9.17) is 14.6 Å². The number of aliphatic hydroxyl groups is 3. The van der Waals surface area contributed by atoms with Gasteiger partial charge in [0.25, 0.3) is 0 Å². The first-order valence-electron chi connectivity index (χ1n) is 7.09. The molecule has 23 heavy (non-hydrogen) atoms. The number of rotatable bonds is 4. The van der Waals surface area contributed by atoms with E-state index in [1.165, 1.54) is 10.9 Å². The van der Waals surface area contributed by atoms with Crippen LogP contribution < -0.4 is 4.74 Å². The molecule has 1 saturated heterocycles. The maximum atomic E-state index is 14.3. The summed E-state index contributed by atoms with van der Waals surface area (Å²) in [6, 6.07) is 1.02. The first kappa shape index (κ1) is 16.1. The van der Waals surface area contributed by atoms with E-state index in [1.54, 1.807) is 6.92 Å². The molecule has 3 rings (SSSR count). The molecule has 1 aromatic carbocycles. The molecule has 0 spiro atoms. The van der Waals surface area contributed by atoms with Crippen molar-refractivity contribution < 1.29 is 33.6 Å². The maximum Gasteiger partial charge on any atom is 0.195 e. The number of fused-ring (bicyclic) bond motifs is 1. The van der Waals surface area contributed by atoms with Gasteiger partial charge in [0, 0.05) is 6.07 Å². The van der Waals surface area contributed by atoms with Crippen LogP contribution in [0.25, 0.3) is 11.0 Å². The molecular weight excluding hydrogens is 314 g/mol.